The molecule has 0 heterocycles. The minimum atomic E-state index is 0.504. The van der Waals surface area contributed by atoms with Gasteiger partial charge >= 0.3 is 0 Å². The average molecular weight is 215 g/mol. The van der Waals surface area contributed by atoms with Gasteiger partial charge in [0.25, 0.3) is 0 Å². The van der Waals surface area contributed by atoms with Crippen molar-refractivity contribution in [1.29, 1.82) is 0 Å². The zero-order valence-corrected chi connectivity index (χ0v) is 10.5. The van der Waals surface area contributed by atoms with E-state index in [0.29, 0.717) is 30.6 Å². The van der Waals surface area contributed by atoms with E-state index in [4.69, 9.17) is 9.57 Å². The predicted molar refractivity (Wildman–Crippen MR) is 61.5 cm³/mol. The fraction of sp³-hybridized carbons (Fsp3) is 1.00. The highest BCUT2D eigenvalue weighted by atomic mass is 16.7. The van der Waals surface area contributed by atoms with Crippen molar-refractivity contribution in [2.24, 2.45) is 11.3 Å². The van der Waals surface area contributed by atoms with E-state index >= 15 is 0 Å². The van der Waals surface area contributed by atoms with E-state index in [-0.39, 0.29) is 0 Å². The lowest BCUT2D eigenvalue weighted by atomic mass is 9.71. The molecule has 0 amide bonds. The molecule has 2 atom stereocenters. The van der Waals surface area contributed by atoms with E-state index in [0.717, 1.165) is 0 Å². The van der Waals surface area contributed by atoms with E-state index in [1.165, 1.54) is 19.3 Å². The summed E-state index contributed by atoms with van der Waals surface area (Å²) < 4.78 is 4.93. The van der Waals surface area contributed by atoms with Gasteiger partial charge in [-0.15, -0.1) is 0 Å². The van der Waals surface area contributed by atoms with Crippen LogP contribution >= 0.6 is 0 Å². The Balaban J connectivity index is 2.20. The number of ether oxygens (including phenoxy) is 1. The van der Waals surface area contributed by atoms with Gasteiger partial charge < -0.3 is 4.74 Å². The molecule has 0 aromatic heterocycles. The first-order chi connectivity index (χ1) is 7.05. The molecule has 0 saturated heterocycles. The van der Waals surface area contributed by atoms with E-state index in [2.05, 4.69) is 26.3 Å². The predicted octanol–water partition coefficient (Wildman–Crippen LogP) is 2.37. The summed E-state index contributed by atoms with van der Waals surface area (Å²) in [7, 11) is 1.69. The summed E-state index contributed by atoms with van der Waals surface area (Å²) in [5.41, 5.74) is 3.67. The minimum absolute atomic E-state index is 0.504. The van der Waals surface area contributed by atoms with E-state index in [1.807, 2.05) is 0 Å². The average Bonchev–Trinajstić information content (AvgIpc) is 2.14. The largest absolute Gasteiger partial charge is 0.382 e. The molecule has 0 bridgehead atoms. The third-order valence-corrected chi connectivity index (χ3v) is 3.32. The quantitative estimate of drug-likeness (QED) is 0.564. The summed E-state index contributed by atoms with van der Waals surface area (Å²) in [6.45, 7) is 8.29. The van der Waals surface area contributed by atoms with Crippen LogP contribution in [-0.2, 0) is 9.57 Å². The fourth-order valence-corrected chi connectivity index (χ4v) is 2.41. The van der Waals surface area contributed by atoms with Crippen LogP contribution in [0.15, 0.2) is 0 Å². The van der Waals surface area contributed by atoms with Crippen LogP contribution < -0.4 is 5.48 Å². The zero-order valence-electron chi connectivity index (χ0n) is 10.5. The van der Waals surface area contributed by atoms with Crippen LogP contribution in [0.4, 0.5) is 0 Å². The molecule has 3 heteroatoms. The molecule has 1 aliphatic rings. The fourth-order valence-electron chi connectivity index (χ4n) is 2.41. The van der Waals surface area contributed by atoms with Gasteiger partial charge in [0.2, 0.25) is 0 Å². The molecule has 0 aliphatic heterocycles. The molecule has 1 saturated carbocycles. The van der Waals surface area contributed by atoms with Gasteiger partial charge in [-0.1, -0.05) is 20.8 Å². The highest BCUT2D eigenvalue weighted by Crippen LogP contribution is 2.38. The molecule has 1 rings (SSSR count). The summed E-state index contributed by atoms with van der Waals surface area (Å²) in [5, 5.41) is 0. The second-order valence-electron chi connectivity index (χ2n) is 5.45. The summed E-state index contributed by atoms with van der Waals surface area (Å²) in [6, 6.07) is 0.509. The van der Waals surface area contributed by atoms with Gasteiger partial charge in [0.05, 0.1) is 13.2 Å². The van der Waals surface area contributed by atoms with Gasteiger partial charge in [-0.2, -0.15) is 5.48 Å². The van der Waals surface area contributed by atoms with Crippen molar-refractivity contribution in [3.8, 4) is 0 Å². The van der Waals surface area contributed by atoms with Gasteiger partial charge in [-0.3, -0.25) is 4.84 Å². The Morgan fingerprint density at radius 1 is 1.33 bits per heavy atom. The van der Waals surface area contributed by atoms with Crippen LogP contribution in [0.3, 0.4) is 0 Å². The molecule has 0 aromatic rings. The van der Waals surface area contributed by atoms with Crippen molar-refractivity contribution in [3.63, 3.8) is 0 Å². The molecule has 1 N–H and O–H groups in total. The number of rotatable bonds is 5. The number of hydrogen-bond donors (Lipinski definition) is 1. The van der Waals surface area contributed by atoms with Crippen LogP contribution in [0.1, 0.15) is 40.0 Å². The topological polar surface area (TPSA) is 30.5 Å². The van der Waals surface area contributed by atoms with Crippen LogP contribution in [0.25, 0.3) is 0 Å². The maximum Gasteiger partial charge on any atom is 0.0915 e. The van der Waals surface area contributed by atoms with Crippen molar-refractivity contribution < 1.29 is 9.57 Å². The second kappa shape index (κ2) is 5.83. The summed E-state index contributed by atoms with van der Waals surface area (Å²) in [6.07, 6.45) is 3.77. The van der Waals surface area contributed by atoms with Gasteiger partial charge in [0.15, 0.2) is 0 Å². The minimum Gasteiger partial charge on any atom is -0.382 e. The van der Waals surface area contributed by atoms with Crippen molar-refractivity contribution in [3.05, 3.63) is 0 Å². The van der Waals surface area contributed by atoms with Gasteiger partial charge in [-0.25, -0.2) is 0 Å². The van der Waals surface area contributed by atoms with E-state index < -0.39 is 0 Å². The highest BCUT2D eigenvalue weighted by Gasteiger charge is 2.32. The van der Waals surface area contributed by atoms with Crippen molar-refractivity contribution in [1.82, 2.24) is 5.48 Å². The first kappa shape index (κ1) is 12.9. The Kier molecular flexibility index (Phi) is 5.03. The monoisotopic (exact) mass is 215 g/mol. The third kappa shape index (κ3) is 4.49. The number of nitrogens with one attached hydrogen (secondary N) is 1. The molecule has 2 unspecified atom stereocenters. The summed E-state index contributed by atoms with van der Waals surface area (Å²) in [5.74, 6) is 0.691. The molecule has 0 spiro atoms. The van der Waals surface area contributed by atoms with Crippen LogP contribution in [0.2, 0.25) is 0 Å². The van der Waals surface area contributed by atoms with Crippen LogP contribution in [0, 0.1) is 11.3 Å². The van der Waals surface area contributed by atoms with E-state index in [1.54, 1.807) is 7.11 Å². The standard InChI is InChI=1S/C12H25NO2/c1-10-9-12(2,3)6-5-11(10)13-15-8-7-14-4/h10-11,13H,5-9H2,1-4H3. The Morgan fingerprint density at radius 3 is 2.67 bits per heavy atom. The van der Waals surface area contributed by atoms with Gasteiger partial charge in [0, 0.05) is 13.2 Å². The first-order valence-electron chi connectivity index (χ1n) is 5.91. The molecule has 0 aromatic carbocycles. The Hall–Kier alpha value is -0.120. The lowest BCUT2D eigenvalue weighted by Gasteiger charge is -2.39. The maximum atomic E-state index is 5.38. The molecular weight excluding hydrogens is 190 g/mol. The SMILES string of the molecule is COCCONC1CCC(C)(C)CC1C. The lowest BCUT2D eigenvalue weighted by molar-refractivity contribution is -0.0380. The van der Waals surface area contributed by atoms with Crippen LogP contribution in [0.5, 0.6) is 0 Å². The number of hydrogen-bond acceptors (Lipinski definition) is 3. The first-order valence-corrected chi connectivity index (χ1v) is 5.91. The van der Waals surface area contributed by atoms with Crippen molar-refractivity contribution in [2.75, 3.05) is 20.3 Å². The molecule has 1 aliphatic carbocycles. The Labute approximate surface area is 93.5 Å². The molecule has 1 fully saturated rings. The Morgan fingerprint density at radius 2 is 2.07 bits per heavy atom. The maximum absolute atomic E-state index is 5.38. The number of methoxy groups -OCH3 is 1. The van der Waals surface area contributed by atoms with Crippen LogP contribution in [-0.4, -0.2) is 26.4 Å². The molecule has 3 nitrogen and oxygen atoms in total. The summed E-state index contributed by atoms with van der Waals surface area (Å²) in [4.78, 5) is 5.38. The Bertz CT molecular complexity index is 182. The highest BCUT2D eigenvalue weighted by molar-refractivity contribution is 4.85. The second-order valence-corrected chi connectivity index (χ2v) is 5.45. The van der Waals surface area contributed by atoms with E-state index in [9.17, 15) is 0 Å². The molecule has 15 heavy (non-hydrogen) atoms. The zero-order chi connectivity index (χ0) is 11.3. The molecule has 90 valence electrons. The van der Waals surface area contributed by atoms with Gasteiger partial charge in [-0.05, 0) is 30.6 Å². The lowest BCUT2D eigenvalue weighted by Crippen LogP contribution is -2.42. The molecule has 0 radical (unpaired) electrons. The summed E-state index contributed by atoms with van der Waals surface area (Å²) >= 11 is 0. The third-order valence-electron chi connectivity index (χ3n) is 3.32. The van der Waals surface area contributed by atoms with Crippen molar-refractivity contribution >= 4 is 0 Å². The smallest absolute Gasteiger partial charge is 0.0915 e. The van der Waals surface area contributed by atoms with Crippen molar-refractivity contribution in [2.45, 2.75) is 46.1 Å². The van der Waals surface area contributed by atoms with Gasteiger partial charge in [0.1, 0.15) is 0 Å². The molecular formula is C12H25NO2. The normalized spacial score (nSPS) is 30.4. The number of hydroxylamine groups is 1.